The molecule has 1 aliphatic heterocycles. The molecule has 28 heavy (non-hydrogen) atoms. The summed E-state index contributed by atoms with van der Waals surface area (Å²) in [6.07, 6.45) is 5.80. The average Bonchev–Trinajstić information content (AvgIpc) is 2.73. The largest absolute Gasteiger partial charge is 0.481 e. The molecule has 7 nitrogen and oxygen atoms in total. The van der Waals surface area contributed by atoms with Gasteiger partial charge in [-0.3, -0.25) is 9.59 Å². The van der Waals surface area contributed by atoms with Crippen LogP contribution in [-0.2, 0) is 14.8 Å². The van der Waals surface area contributed by atoms with Gasteiger partial charge in [0.05, 0.1) is 10.8 Å². The molecule has 0 atom stereocenters. The maximum Gasteiger partial charge on any atom is 0.306 e. The van der Waals surface area contributed by atoms with E-state index in [1.165, 1.54) is 16.4 Å². The number of amides is 1. The molecule has 0 radical (unpaired) electrons. The van der Waals surface area contributed by atoms with Gasteiger partial charge in [-0.2, -0.15) is 4.31 Å². The zero-order chi connectivity index (χ0) is 20.3. The number of carboxylic acid groups (broad SMARTS) is 1. The first kappa shape index (κ1) is 20.8. The number of carbonyl (C=O) groups excluding carboxylic acids is 1. The summed E-state index contributed by atoms with van der Waals surface area (Å²) in [5.41, 5.74) is 0.326. The van der Waals surface area contributed by atoms with Crippen molar-refractivity contribution in [1.82, 2.24) is 9.21 Å². The number of carbonyl (C=O) groups is 2. The van der Waals surface area contributed by atoms with E-state index in [1.807, 2.05) is 0 Å². The van der Waals surface area contributed by atoms with Gasteiger partial charge in [0.25, 0.3) is 5.91 Å². The number of carboxylic acids is 1. The lowest BCUT2D eigenvalue weighted by Crippen LogP contribution is -2.40. The Balaban J connectivity index is 1.74. The van der Waals surface area contributed by atoms with Gasteiger partial charge in [-0.25, -0.2) is 8.42 Å². The van der Waals surface area contributed by atoms with Crippen molar-refractivity contribution < 1.29 is 23.1 Å². The minimum Gasteiger partial charge on any atom is -0.481 e. The summed E-state index contributed by atoms with van der Waals surface area (Å²) >= 11 is 0. The highest BCUT2D eigenvalue weighted by atomic mass is 32.2. The number of sulfonamides is 1. The van der Waals surface area contributed by atoms with Crippen LogP contribution < -0.4 is 0 Å². The second-order valence-corrected chi connectivity index (χ2v) is 9.74. The third-order valence-corrected chi connectivity index (χ3v) is 7.88. The normalized spacial score (nSPS) is 19.7. The molecule has 1 saturated heterocycles. The Morgan fingerprint density at radius 1 is 1.07 bits per heavy atom. The van der Waals surface area contributed by atoms with E-state index in [2.05, 4.69) is 0 Å². The van der Waals surface area contributed by atoms with E-state index in [1.54, 1.807) is 24.1 Å². The first-order valence-corrected chi connectivity index (χ1v) is 11.3. The molecule has 154 valence electrons. The van der Waals surface area contributed by atoms with Crippen molar-refractivity contribution in [3.63, 3.8) is 0 Å². The number of piperidine rings is 1. The van der Waals surface area contributed by atoms with Crippen molar-refractivity contribution >= 4 is 21.9 Å². The van der Waals surface area contributed by atoms with Gasteiger partial charge in [0.15, 0.2) is 0 Å². The summed E-state index contributed by atoms with van der Waals surface area (Å²) in [6.45, 7) is 0.740. The molecule has 0 spiro atoms. The first-order chi connectivity index (χ1) is 13.3. The van der Waals surface area contributed by atoms with Crippen molar-refractivity contribution in [3.05, 3.63) is 29.8 Å². The molecule has 0 unspecified atom stereocenters. The highest BCUT2D eigenvalue weighted by Crippen LogP contribution is 2.27. The number of nitrogens with zero attached hydrogens (tertiary/aromatic N) is 2. The van der Waals surface area contributed by atoms with Gasteiger partial charge in [-0.05, 0) is 43.9 Å². The molecule has 1 heterocycles. The van der Waals surface area contributed by atoms with Crippen molar-refractivity contribution in [2.45, 2.75) is 55.9 Å². The van der Waals surface area contributed by atoms with Gasteiger partial charge in [-0.1, -0.05) is 25.3 Å². The summed E-state index contributed by atoms with van der Waals surface area (Å²) < 4.78 is 27.5. The monoisotopic (exact) mass is 408 g/mol. The van der Waals surface area contributed by atoms with Crippen molar-refractivity contribution in [2.24, 2.45) is 5.92 Å². The van der Waals surface area contributed by atoms with Crippen molar-refractivity contribution in [3.8, 4) is 0 Å². The highest BCUT2D eigenvalue weighted by Gasteiger charge is 2.31. The second kappa shape index (κ2) is 8.61. The number of aliphatic carboxylic acids is 1. The van der Waals surface area contributed by atoms with Crippen LogP contribution in [0.15, 0.2) is 29.2 Å². The van der Waals surface area contributed by atoms with E-state index < -0.39 is 21.9 Å². The van der Waals surface area contributed by atoms with Crippen LogP contribution in [-0.4, -0.2) is 60.8 Å². The number of rotatable bonds is 5. The van der Waals surface area contributed by atoms with Crippen LogP contribution in [0.3, 0.4) is 0 Å². The summed E-state index contributed by atoms with van der Waals surface area (Å²) in [5.74, 6) is -1.49. The lowest BCUT2D eigenvalue weighted by Gasteiger charge is -2.31. The molecule has 0 aromatic heterocycles. The SMILES string of the molecule is CN(C1CCCCC1)S(=O)(=O)c1cccc(C(=O)N2CCC(C(=O)O)CC2)c1. The summed E-state index contributed by atoms with van der Waals surface area (Å²) in [5, 5.41) is 9.09. The molecule has 3 rings (SSSR count). The number of likely N-dealkylation sites (tertiary alicyclic amines) is 1. The predicted octanol–water partition coefficient (Wildman–Crippen LogP) is 2.58. The Morgan fingerprint density at radius 3 is 2.32 bits per heavy atom. The summed E-state index contributed by atoms with van der Waals surface area (Å²) in [4.78, 5) is 25.6. The Kier molecular flexibility index (Phi) is 6.40. The van der Waals surface area contributed by atoms with Crippen molar-refractivity contribution in [1.29, 1.82) is 0 Å². The van der Waals surface area contributed by atoms with Gasteiger partial charge in [0.2, 0.25) is 10.0 Å². The molecule has 1 saturated carbocycles. The molecule has 1 aromatic carbocycles. The molecule has 1 aromatic rings. The second-order valence-electron chi connectivity index (χ2n) is 7.75. The van der Waals surface area contributed by atoms with E-state index in [0.717, 1.165) is 32.1 Å². The van der Waals surface area contributed by atoms with Gasteiger partial charge in [-0.15, -0.1) is 0 Å². The van der Waals surface area contributed by atoms with Crippen LogP contribution in [0.1, 0.15) is 55.3 Å². The third-order valence-electron chi connectivity index (χ3n) is 5.98. The van der Waals surface area contributed by atoms with E-state index in [-0.39, 0.29) is 16.8 Å². The van der Waals surface area contributed by atoms with E-state index in [4.69, 9.17) is 5.11 Å². The zero-order valence-electron chi connectivity index (χ0n) is 16.2. The molecule has 2 aliphatic rings. The minimum atomic E-state index is -3.66. The van der Waals surface area contributed by atoms with Gasteiger partial charge < -0.3 is 10.0 Å². The van der Waals surface area contributed by atoms with Crippen LogP contribution in [0.2, 0.25) is 0 Å². The standard InChI is InChI=1S/C20H28N2O5S/c1-21(17-7-3-2-4-8-17)28(26,27)18-9-5-6-16(14-18)19(23)22-12-10-15(11-13-22)20(24)25/h5-6,9,14-15,17H,2-4,7-8,10-13H2,1H3,(H,24,25). The molecule has 1 aliphatic carbocycles. The van der Waals surface area contributed by atoms with Gasteiger partial charge >= 0.3 is 5.97 Å². The van der Waals surface area contributed by atoms with E-state index in [0.29, 0.717) is 31.5 Å². The zero-order valence-corrected chi connectivity index (χ0v) is 17.0. The Labute approximate surface area is 166 Å². The molecule has 8 heteroatoms. The number of benzene rings is 1. The fraction of sp³-hybridized carbons (Fsp3) is 0.600. The Bertz CT molecular complexity index is 825. The number of hydrogen-bond acceptors (Lipinski definition) is 4. The van der Waals surface area contributed by atoms with Crippen LogP contribution in [0.5, 0.6) is 0 Å². The molecular weight excluding hydrogens is 380 g/mol. The molecule has 2 fully saturated rings. The van der Waals surface area contributed by atoms with Crippen LogP contribution in [0.4, 0.5) is 0 Å². The predicted molar refractivity (Wildman–Crippen MR) is 105 cm³/mol. The lowest BCUT2D eigenvalue weighted by molar-refractivity contribution is -0.143. The minimum absolute atomic E-state index is 0.00755. The third kappa shape index (κ3) is 4.38. The molecular formula is C20H28N2O5S. The average molecular weight is 409 g/mol. The van der Waals surface area contributed by atoms with Crippen LogP contribution in [0.25, 0.3) is 0 Å². The summed E-state index contributed by atoms with van der Waals surface area (Å²) in [7, 11) is -2.04. The maximum atomic E-state index is 13.0. The quantitative estimate of drug-likeness (QED) is 0.808. The highest BCUT2D eigenvalue weighted by molar-refractivity contribution is 7.89. The lowest BCUT2D eigenvalue weighted by atomic mass is 9.96. The fourth-order valence-electron chi connectivity index (χ4n) is 4.11. The molecule has 1 amide bonds. The molecule has 0 bridgehead atoms. The van der Waals surface area contributed by atoms with Crippen LogP contribution >= 0.6 is 0 Å². The summed E-state index contributed by atoms with van der Waals surface area (Å²) in [6, 6.07) is 6.19. The van der Waals surface area contributed by atoms with Gasteiger partial charge in [0, 0.05) is 31.7 Å². The van der Waals surface area contributed by atoms with Gasteiger partial charge in [0.1, 0.15) is 0 Å². The number of hydrogen-bond donors (Lipinski definition) is 1. The smallest absolute Gasteiger partial charge is 0.306 e. The fourth-order valence-corrected chi connectivity index (χ4v) is 5.57. The van der Waals surface area contributed by atoms with Crippen molar-refractivity contribution in [2.75, 3.05) is 20.1 Å². The van der Waals surface area contributed by atoms with Crippen LogP contribution in [0, 0.1) is 5.92 Å². The van der Waals surface area contributed by atoms with E-state index in [9.17, 15) is 18.0 Å². The molecule has 1 N–H and O–H groups in total. The van der Waals surface area contributed by atoms with E-state index >= 15 is 0 Å². The topological polar surface area (TPSA) is 95.0 Å². The maximum absolute atomic E-state index is 13.0. The Hall–Kier alpha value is -1.93. The first-order valence-electron chi connectivity index (χ1n) is 9.91. The Morgan fingerprint density at radius 2 is 1.71 bits per heavy atom.